The van der Waals surface area contributed by atoms with Crippen molar-refractivity contribution in [3.05, 3.63) is 40.6 Å². The Morgan fingerprint density at radius 1 is 1.48 bits per heavy atom. The fourth-order valence-corrected chi connectivity index (χ4v) is 1.78. The molecule has 21 heavy (non-hydrogen) atoms. The van der Waals surface area contributed by atoms with Crippen LogP contribution >= 0.6 is 0 Å². The lowest BCUT2D eigenvalue weighted by Gasteiger charge is -2.05. The van der Waals surface area contributed by atoms with E-state index < -0.39 is 11.4 Å². The zero-order valence-corrected chi connectivity index (χ0v) is 11.7. The maximum atomic E-state index is 13.8. The molecule has 1 aromatic carbocycles. The summed E-state index contributed by atoms with van der Waals surface area (Å²) in [5, 5.41) is 2.49. The van der Waals surface area contributed by atoms with Crippen LogP contribution in [0, 0.1) is 5.82 Å². The monoisotopic (exact) mass is 294 g/mol. The molecule has 2 rings (SSSR count). The van der Waals surface area contributed by atoms with Crippen molar-refractivity contribution < 1.29 is 18.4 Å². The van der Waals surface area contributed by atoms with E-state index in [1.54, 1.807) is 13.0 Å². The summed E-state index contributed by atoms with van der Waals surface area (Å²) >= 11 is 0. The molecule has 0 radical (unpaired) electrons. The molecule has 1 amide bonds. The summed E-state index contributed by atoms with van der Waals surface area (Å²) in [6.45, 7) is 3.49. The number of nitrogens with one attached hydrogen (secondary N) is 1. The van der Waals surface area contributed by atoms with Crippen LogP contribution in [0.15, 0.2) is 33.7 Å². The molecule has 0 bridgehead atoms. The third-order valence-corrected chi connectivity index (χ3v) is 2.72. The van der Waals surface area contributed by atoms with E-state index in [1.165, 1.54) is 30.0 Å². The van der Waals surface area contributed by atoms with Crippen molar-refractivity contribution in [2.24, 2.45) is 0 Å². The minimum absolute atomic E-state index is 0.0318. The van der Waals surface area contributed by atoms with Gasteiger partial charge in [0.15, 0.2) is 11.6 Å². The van der Waals surface area contributed by atoms with Crippen LogP contribution in [-0.4, -0.2) is 17.3 Å². The van der Waals surface area contributed by atoms with Gasteiger partial charge in [-0.3, -0.25) is 4.79 Å². The summed E-state index contributed by atoms with van der Waals surface area (Å²) in [6, 6.07) is 4.24. The minimum Gasteiger partial charge on any atom is -0.491 e. The third kappa shape index (κ3) is 3.50. The number of amides is 1. The number of rotatable bonds is 5. The van der Waals surface area contributed by atoms with E-state index in [0.717, 1.165) is 0 Å². The quantitative estimate of drug-likeness (QED) is 0.911. The SMILES string of the molecule is CCOc1ccc(-c2cn(CNC(C)=O)oc2=O)cc1F. The average Bonchev–Trinajstić information content (AvgIpc) is 2.80. The van der Waals surface area contributed by atoms with Crippen molar-refractivity contribution >= 4 is 5.91 Å². The lowest BCUT2D eigenvalue weighted by atomic mass is 10.1. The van der Waals surface area contributed by atoms with Crippen LogP contribution in [0.1, 0.15) is 13.8 Å². The molecule has 2 aromatic rings. The topological polar surface area (TPSA) is 73.5 Å². The van der Waals surface area contributed by atoms with Gasteiger partial charge in [-0.15, -0.1) is 0 Å². The smallest absolute Gasteiger partial charge is 0.365 e. The van der Waals surface area contributed by atoms with Gasteiger partial charge in [-0.2, -0.15) is 4.74 Å². The predicted molar refractivity (Wildman–Crippen MR) is 73.3 cm³/mol. The highest BCUT2D eigenvalue weighted by Crippen LogP contribution is 2.24. The molecule has 0 aliphatic rings. The van der Waals surface area contributed by atoms with Crippen molar-refractivity contribution in [2.45, 2.75) is 20.5 Å². The standard InChI is InChI=1S/C14H15FN2O4/c1-3-20-13-5-4-10(6-12(13)15)11-7-17(21-14(11)19)8-16-9(2)18/h4-7H,3,8H2,1-2H3,(H,16,18). The normalized spacial score (nSPS) is 10.4. The average molecular weight is 294 g/mol. The van der Waals surface area contributed by atoms with Gasteiger partial charge in [0.2, 0.25) is 5.91 Å². The molecule has 0 spiro atoms. The van der Waals surface area contributed by atoms with Crippen LogP contribution in [-0.2, 0) is 11.5 Å². The van der Waals surface area contributed by atoms with E-state index in [1.807, 2.05) is 0 Å². The molecule has 1 N–H and O–H groups in total. The van der Waals surface area contributed by atoms with Crippen LogP contribution in [0.3, 0.4) is 0 Å². The van der Waals surface area contributed by atoms with Gasteiger partial charge in [-0.1, -0.05) is 6.07 Å². The molecule has 0 saturated heterocycles. The molecule has 1 heterocycles. The molecule has 0 aliphatic carbocycles. The van der Waals surface area contributed by atoms with E-state index in [4.69, 9.17) is 9.26 Å². The number of ether oxygens (including phenoxy) is 1. The Morgan fingerprint density at radius 3 is 2.86 bits per heavy atom. The molecule has 7 heteroatoms. The Kier molecular flexibility index (Phi) is 4.42. The van der Waals surface area contributed by atoms with Crippen molar-refractivity contribution in [1.29, 1.82) is 0 Å². The Balaban J connectivity index is 2.27. The number of hydrogen-bond donors (Lipinski definition) is 1. The fourth-order valence-electron chi connectivity index (χ4n) is 1.78. The highest BCUT2D eigenvalue weighted by atomic mass is 19.1. The molecular formula is C14H15FN2O4. The van der Waals surface area contributed by atoms with Crippen molar-refractivity contribution in [1.82, 2.24) is 10.1 Å². The van der Waals surface area contributed by atoms with Gasteiger partial charge in [-0.05, 0) is 24.6 Å². The summed E-state index contributed by atoms with van der Waals surface area (Å²) in [5.41, 5.74) is -0.0162. The first kappa shape index (κ1) is 14.8. The number of carbonyl (C=O) groups excluding carboxylic acids is 1. The second-order valence-electron chi connectivity index (χ2n) is 4.31. The molecular weight excluding hydrogens is 279 g/mol. The molecule has 0 atom stereocenters. The second-order valence-corrected chi connectivity index (χ2v) is 4.31. The first-order valence-corrected chi connectivity index (χ1v) is 6.39. The Labute approximate surface area is 120 Å². The lowest BCUT2D eigenvalue weighted by molar-refractivity contribution is -0.119. The van der Waals surface area contributed by atoms with E-state index in [2.05, 4.69) is 5.32 Å². The first-order valence-electron chi connectivity index (χ1n) is 6.39. The van der Waals surface area contributed by atoms with Gasteiger partial charge in [0, 0.05) is 6.92 Å². The summed E-state index contributed by atoms with van der Waals surface area (Å²) in [7, 11) is 0. The summed E-state index contributed by atoms with van der Waals surface area (Å²) in [4.78, 5) is 22.6. The maximum absolute atomic E-state index is 13.8. The summed E-state index contributed by atoms with van der Waals surface area (Å²) in [5.74, 6) is -0.674. The van der Waals surface area contributed by atoms with E-state index in [0.29, 0.717) is 12.2 Å². The molecule has 0 fully saturated rings. The van der Waals surface area contributed by atoms with Gasteiger partial charge in [-0.25, -0.2) is 9.18 Å². The van der Waals surface area contributed by atoms with Crippen molar-refractivity contribution in [3.8, 4) is 16.9 Å². The second kappa shape index (κ2) is 6.25. The molecule has 0 unspecified atom stereocenters. The van der Waals surface area contributed by atoms with Gasteiger partial charge in [0.1, 0.15) is 6.67 Å². The number of nitrogens with zero attached hydrogens (tertiary/aromatic N) is 1. The molecule has 6 nitrogen and oxygen atoms in total. The predicted octanol–water partition coefficient (Wildman–Crippen LogP) is 1.74. The summed E-state index contributed by atoms with van der Waals surface area (Å²) < 4.78 is 25.0. The van der Waals surface area contributed by atoms with Crippen molar-refractivity contribution in [3.63, 3.8) is 0 Å². The fraction of sp³-hybridized carbons (Fsp3) is 0.286. The Bertz CT molecular complexity index is 705. The highest BCUT2D eigenvalue weighted by molar-refractivity contribution is 5.72. The van der Waals surface area contributed by atoms with Gasteiger partial charge in [0.05, 0.1) is 18.4 Å². The summed E-state index contributed by atoms with van der Waals surface area (Å²) in [6.07, 6.45) is 1.41. The van der Waals surface area contributed by atoms with Crippen LogP contribution < -0.4 is 15.7 Å². The number of aromatic nitrogens is 1. The Hall–Kier alpha value is -2.57. The number of benzene rings is 1. The molecule has 0 saturated carbocycles. The van der Waals surface area contributed by atoms with Crippen LogP contribution in [0.5, 0.6) is 5.75 Å². The van der Waals surface area contributed by atoms with Gasteiger partial charge in [0.25, 0.3) is 0 Å². The first-order chi connectivity index (χ1) is 10.0. The molecule has 1 aromatic heterocycles. The minimum atomic E-state index is -0.607. The number of halogens is 1. The zero-order valence-electron chi connectivity index (χ0n) is 11.7. The van der Waals surface area contributed by atoms with E-state index >= 15 is 0 Å². The number of hydrogen-bond acceptors (Lipinski definition) is 4. The van der Waals surface area contributed by atoms with E-state index in [9.17, 15) is 14.0 Å². The third-order valence-electron chi connectivity index (χ3n) is 2.72. The lowest BCUT2D eigenvalue weighted by Crippen LogP contribution is -2.22. The Morgan fingerprint density at radius 2 is 2.24 bits per heavy atom. The van der Waals surface area contributed by atoms with Crippen LogP contribution in [0.4, 0.5) is 4.39 Å². The van der Waals surface area contributed by atoms with Gasteiger partial charge < -0.3 is 14.6 Å². The maximum Gasteiger partial charge on any atom is 0.365 e. The van der Waals surface area contributed by atoms with Crippen molar-refractivity contribution in [2.75, 3.05) is 6.61 Å². The van der Waals surface area contributed by atoms with Crippen LogP contribution in [0.25, 0.3) is 11.1 Å². The highest BCUT2D eigenvalue weighted by Gasteiger charge is 2.12. The zero-order chi connectivity index (χ0) is 15.4. The molecule has 0 aliphatic heterocycles. The number of carbonyl (C=O) groups is 1. The van der Waals surface area contributed by atoms with Gasteiger partial charge >= 0.3 is 5.63 Å². The molecule has 112 valence electrons. The van der Waals surface area contributed by atoms with E-state index in [-0.39, 0.29) is 23.9 Å². The largest absolute Gasteiger partial charge is 0.491 e. The van der Waals surface area contributed by atoms with Crippen LogP contribution in [0.2, 0.25) is 0 Å².